The fourth-order valence-electron chi connectivity index (χ4n) is 2.81. The lowest BCUT2D eigenvalue weighted by Gasteiger charge is -2.10. The van der Waals surface area contributed by atoms with E-state index in [1.165, 1.54) is 11.3 Å². The van der Waals surface area contributed by atoms with Gasteiger partial charge in [-0.05, 0) is 37.6 Å². The van der Waals surface area contributed by atoms with Crippen molar-refractivity contribution in [3.8, 4) is 22.1 Å². The molecule has 5 nitrogen and oxygen atoms in total. The van der Waals surface area contributed by atoms with E-state index in [4.69, 9.17) is 14.2 Å². The summed E-state index contributed by atoms with van der Waals surface area (Å²) in [6.45, 7) is 4.01. The summed E-state index contributed by atoms with van der Waals surface area (Å²) in [5, 5.41) is 2.66. The first kappa shape index (κ1) is 18.9. The molecule has 0 aliphatic rings. The van der Waals surface area contributed by atoms with Gasteiger partial charge in [-0.15, -0.1) is 11.3 Å². The number of methoxy groups -OCH3 is 2. The van der Waals surface area contributed by atoms with Crippen LogP contribution >= 0.6 is 11.3 Å². The number of aromatic nitrogens is 1. The minimum Gasteiger partial charge on any atom is -0.493 e. The van der Waals surface area contributed by atoms with Crippen molar-refractivity contribution in [2.75, 3.05) is 14.2 Å². The molecule has 3 aromatic rings. The highest BCUT2D eigenvalue weighted by Crippen LogP contribution is 2.39. The zero-order valence-electron chi connectivity index (χ0n) is 15.7. The fraction of sp³-hybridized carbons (Fsp3) is 0.238. The average Bonchev–Trinajstić information content (AvgIpc) is 3.14. The zero-order chi connectivity index (χ0) is 19.4. The molecule has 6 heteroatoms. The molecule has 0 N–H and O–H groups in total. The third-order valence-corrected chi connectivity index (χ3v) is 5.06. The largest absolute Gasteiger partial charge is 0.493 e. The van der Waals surface area contributed by atoms with Crippen LogP contribution in [0.4, 0.5) is 0 Å². The normalized spacial score (nSPS) is 10.5. The molecule has 1 aromatic heterocycles. The molecule has 2 aromatic carbocycles. The Hall–Kier alpha value is -2.86. The van der Waals surface area contributed by atoms with E-state index in [2.05, 4.69) is 4.98 Å². The third kappa shape index (κ3) is 4.11. The van der Waals surface area contributed by atoms with Gasteiger partial charge in [-0.1, -0.05) is 23.8 Å². The van der Waals surface area contributed by atoms with E-state index < -0.39 is 0 Å². The van der Waals surface area contributed by atoms with Gasteiger partial charge < -0.3 is 14.2 Å². The van der Waals surface area contributed by atoms with Crippen LogP contribution in [0.2, 0.25) is 0 Å². The predicted molar refractivity (Wildman–Crippen MR) is 106 cm³/mol. The van der Waals surface area contributed by atoms with Gasteiger partial charge in [-0.2, -0.15) is 0 Å². The Morgan fingerprint density at radius 2 is 1.93 bits per heavy atom. The van der Waals surface area contributed by atoms with E-state index in [1.54, 1.807) is 20.3 Å². The summed E-state index contributed by atoms with van der Waals surface area (Å²) in [5.74, 6) is 0.933. The van der Waals surface area contributed by atoms with Gasteiger partial charge in [0.25, 0.3) is 0 Å². The van der Waals surface area contributed by atoms with E-state index in [0.29, 0.717) is 22.8 Å². The maximum atomic E-state index is 12.3. The Kier molecular flexibility index (Phi) is 5.76. The van der Waals surface area contributed by atoms with Crippen LogP contribution in [0, 0.1) is 13.8 Å². The van der Waals surface area contributed by atoms with Crippen LogP contribution in [0.3, 0.4) is 0 Å². The van der Waals surface area contributed by atoms with E-state index in [1.807, 2.05) is 49.6 Å². The van der Waals surface area contributed by atoms with Crippen molar-refractivity contribution in [1.29, 1.82) is 0 Å². The maximum Gasteiger partial charge on any atom is 0.338 e. The van der Waals surface area contributed by atoms with Crippen molar-refractivity contribution in [3.63, 3.8) is 0 Å². The molecular formula is C21H21NO4S. The van der Waals surface area contributed by atoms with Crippen LogP contribution < -0.4 is 9.47 Å². The standard InChI is InChI=1S/C21H21NO4S/c1-13-8-9-16(14(2)10-13)21(23)26-11-15-12-27-20(22-15)17-6-5-7-18(24-3)19(17)25-4/h5-10,12H,11H2,1-4H3. The zero-order valence-corrected chi connectivity index (χ0v) is 16.6. The molecule has 0 amide bonds. The van der Waals surface area contributed by atoms with Crippen molar-refractivity contribution in [2.45, 2.75) is 20.5 Å². The predicted octanol–water partition coefficient (Wildman–Crippen LogP) is 4.80. The second kappa shape index (κ2) is 8.22. The number of thiazole rings is 1. The Morgan fingerprint density at radius 3 is 2.63 bits per heavy atom. The number of rotatable bonds is 6. The Bertz CT molecular complexity index is 965. The molecule has 0 aliphatic carbocycles. The van der Waals surface area contributed by atoms with Crippen LogP contribution in [0.25, 0.3) is 10.6 Å². The summed E-state index contributed by atoms with van der Waals surface area (Å²) >= 11 is 1.47. The molecule has 0 spiro atoms. The van der Waals surface area contributed by atoms with Crippen LogP contribution in [0.5, 0.6) is 11.5 Å². The van der Waals surface area contributed by atoms with Crippen LogP contribution in [-0.2, 0) is 11.3 Å². The topological polar surface area (TPSA) is 57.7 Å². The van der Waals surface area contributed by atoms with Gasteiger partial charge in [0.2, 0.25) is 0 Å². The number of carbonyl (C=O) groups excluding carboxylic acids is 1. The lowest BCUT2D eigenvalue weighted by atomic mass is 10.1. The molecule has 0 saturated carbocycles. The van der Waals surface area contributed by atoms with Crippen molar-refractivity contribution in [3.05, 3.63) is 64.2 Å². The quantitative estimate of drug-likeness (QED) is 0.572. The van der Waals surface area contributed by atoms with Crippen LogP contribution in [0.1, 0.15) is 27.2 Å². The van der Waals surface area contributed by atoms with Gasteiger partial charge in [-0.25, -0.2) is 9.78 Å². The summed E-state index contributed by atoms with van der Waals surface area (Å²) in [7, 11) is 3.20. The monoisotopic (exact) mass is 383 g/mol. The summed E-state index contributed by atoms with van der Waals surface area (Å²) in [4.78, 5) is 16.9. The summed E-state index contributed by atoms with van der Waals surface area (Å²) in [5.41, 5.74) is 4.12. The molecule has 140 valence electrons. The van der Waals surface area contributed by atoms with Crippen LogP contribution in [-0.4, -0.2) is 25.2 Å². The van der Waals surface area contributed by atoms with E-state index in [0.717, 1.165) is 21.7 Å². The molecule has 3 rings (SSSR count). The maximum absolute atomic E-state index is 12.3. The number of carbonyl (C=O) groups is 1. The van der Waals surface area contributed by atoms with Crippen molar-refractivity contribution >= 4 is 17.3 Å². The Balaban J connectivity index is 1.74. The number of hydrogen-bond acceptors (Lipinski definition) is 6. The molecule has 0 atom stereocenters. The highest BCUT2D eigenvalue weighted by atomic mass is 32.1. The van der Waals surface area contributed by atoms with Gasteiger partial charge in [0, 0.05) is 5.38 Å². The Morgan fingerprint density at radius 1 is 1.11 bits per heavy atom. The lowest BCUT2D eigenvalue weighted by molar-refractivity contribution is 0.0467. The number of esters is 1. The molecule has 0 aliphatic heterocycles. The van der Waals surface area contributed by atoms with E-state index in [9.17, 15) is 4.79 Å². The number of para-hydroxylation sites is 1. The first-order valence-corrected chi connectivity index (χ1v) is 9.31. The molecule has 0 saturated heterocycles. The minimum atomic E-state index is -0.346. The smallest absolute Gasteiger partial charge is 0.338 e. The number of benzene rings is 2. The molecule has 0 fully saturated rings. The van der Waals surface area contributed by atoms with Gasteiger partial charge in [0.05, 0.1) is 31.0 Å². The molecule has 0 unspecified atom stereocenters. The second-order valence-corrected chi connectivity index (χ2v) is 6.94. The fourth-order valence-corrected chi connectivity index (χ4v) is 3.64. The first-order chi connectivity index (χ1) is 13.0. The summed E-state index contributed by atoms with van der Waals surface area (Å²) < 4.78 is 16.2. The number of ether oxygens (including phenoxy) is 3. The molecule has 27 heavy (non-hydrogen) atoms. The van der Waals surface area contributed by atoms with E-state index >= 15 is 0 Å². The van der Waals surface area contributed by atoms with Gasteiger partial charge in [-0.3, -0.25) is 0 Å². The molecule has 0 bridgehead atoms. The highest BCUT2D eigenvalue weighted by molar-refractivity contribution is 7.13. The summed E-state index contributed by atoms with van der Waals surface area (Å²) in [6, 6.07) is 11.3. The highest BCUT2D eigenvalue weighted by Gasteiger charge is 2.16. The molecule has 0 radical (unpaired) electrons. The SMILES string of the molecule is COc1cccc(-c2nc(COC(=O)c3ccc(C)cc3C)cs2)c1OC. The van der Waals surface area contributed by atoms with Crippen molar-refractivity contribution in [1.82, 2.24) is 4.98 Å². The lowest BCUT2D eigenvalue weighted by Crippen LogP contribution is -2.07. The van der Waals surface area contributed by atoms with Crippen molar-refractivity contribution in [2.24, 2.45) is 0 Å². The first-order valence-electron chi connectivity index (χ1n) is 8.43. The molecule has 1 heterocycles. The van der Waals surface area contributed by atoms with Crippen molar-refractivity contribution < 1.29 is 19.0 Å². The second-order valence-electron chi connectivity index (χ2n) is 6.08. The number of hydrogen-bond donors (Lipinski definition) is 0. The average molecular weight is 383 g/mol. The van der Waals surface area contributed by atoms with Gasteiger partial charge in [0.15, 0.2) is 11.5 Å². The van der Waals surface area contributed by atoms with Gasteiger partial charge >= 0.3 is 5.97 Å². The number of aryl methyl sites for hydroxylation is 2. The van der Waals surface area contributed by atoms with Gasteiger partial charge in [0.1, 0.15) is 11.6 Å². The van der Waals surface area contributed by atoms with E-state index in [-0.39, 0.29) is 12.6 Å². The van der Waals surface area contributed by atoms with Crippen LogP contribution in [0.15, 0.2) is 41.8 Å². The Labute approximate surface area is 162 Å². The minimum absolute atomic E-state index is 0.120. The summed E-state index contributed by atoms with van der Waals surface area (Å²) in [6.07, 6.45) is 0. The number of nitrogens with zero attached hydrogens (tertiary/aromatic N) is 1. The molecular weight excluding hydrogens is 362 g/mol. The third-order valence-electron chi connectivity index (χ3n) is 4.14.